The molecule has 0 aliphatic carbocycles. The minimum Gasteiger partial charge on any atom is -0.355 e. The first kappa shape index (κ1) is 24.2. The van der Waals surface area contributed by atoms with Gasteiger partial charge in [-0.15, -0.1) is 24.8 Å². The molecule has 3 N–H and O–H groups in total. The molecular formula is C19H33Cl2N3O. The van der Waals surface area contributed by atoms with Gasteiger partial charge in [-0.3, -0.25) is 9.69 Å². The minimum atomic E-state index is -0.0410. The van der Waals surface area contributed by atoms with Gasteiger partial charge in [-0.05, 0) is 64.1 Å². The van der Waals surface area contributed by atoms with Crippen molar-refractivity contribution in [1.29, 1.82) is 0 Å². The number of hydrogen-bond acceptors (Lipinski definition) is 3. The number of nitrogens with one attached hydrogen (secondary N) is 1. The van der Waals surface area contributed by atoms with Gasteiger partial charge in [0.05, 0.1) is 6.04 Å². The molecule has 0 aromatic heterocycles. The number of amides is 1. The van der Waals surface area contributed by atoms with Gasteiger partial charge < -0.3 is 11.1 Å². The van der Waals surface area contributed by atoms with Crippen LogP contribution in [-0.2, 0) is 11.2 Å². The number of carbonyl (C=O) groups excluding carboxylic acids is 1. The minimum absolute atomic E-state index is 0. The SMILES string of the molecule is CC(N)CCNC(=O)C(C)N1CCC(Cc2ccccc2)CC1.Cl.Cl. The number of nitrogens with two attached hydrogens (primary N) is 1. The lowest BCUT2D eigenvalue weighted by Crippen LogP contribution is -2.48. The summed E-state index contributed by atoms with van der Waals surface area (Å²) in [4.78, 5) is 14.5. The van der Waals surface area contributed by atoms with Crippen molar-refractivity contribution in [3.05, 3.63) is 35.9 Å². The zero-order valence-electron chi connectivity index (χ0n) is 15.3. The maximum atomic E-state index is 12.2. The molecule has 1 aliphatic heterocycles. The van der Waals surface area contributed by atoms with E-state index in [0.717, 1.165) is 31.8 Å². The highest BCUT2D eigenvalue weighted by Crippen LogP contribution is 2.22. The Morgan fingerprint density at radius 3 is 2.36 bits per heavy atom. The Balaban J connectivity index is 0.00000288. The average Bonchev–Trinajstić information content (AvgIpc) is 2.55. The molecule has 1 amide bonds. The Hall–Kier alpha value is -0.810. The molecule has 1 saturated heterocycles. The third-order valence-corrected chi connectivity index (χ3v) is 4.84. The van der Waals surface area contributed by atoms with Crippen LogP contribution in [0.3, 0.4) is 0 Å². The fourth-order valence-electron chi connectivity index (χ4n) is 3.23. The average molecular weight is 390 g/mol. The summed E-state index contributed by atoms with van der Waals surface area (Å²) in [6, 6.07) is 10.8. The number of likely N-dealkylation sites (tertiary alicyclic amines) is 1. The predicted molar refractivity (Wildman–Crippen MR) is 110 cm³/mol. The number of piperidine rings is 1. The molecule has 0 radical (unpaired) electrons. The van der Waals surface area contributed by atoms with E-state index in [2.05, 4.69) is 40.5 Å². The standard InChI is InChI=1S/C19H31N3O.2ClH/c1-15(20)8-11-21-19(23)16(2)22-12-9-18(10-13-22)14-17-6-4-3-5-7-17;;/h3-7,15-16,18H,8-14,20H2,1-2H3,(H,21,23);2*1H. The highest BCUT2D eigenvalue weighted by Gasteiger charge is 2.26. The van der Waals surface area contributed by atoms with E-state index >= 15 is 0 Å². The molecule has 2 rings (SSSR count). The Kier molecular flexibility index (Phi) is 12.1. The first-order chi connectivity index (χ1) is 11.1. The van der Waals surface area contributed by atoms with Gasteiger partial charge in [-0.1, -0.05) is 30.3 Å². The van der Waals surface area contributed by atoms with Crippen molar-refractivity contribution in [2.45, 2.75) is 51.6 Å². The van der Waals surface area contributed by atoms with Crippen LogP contribution in [0.15, 0.2) is 30.3 Å². The van der Waals surface area contributed by atoms with Crippen molar-refractivity contribution in [3.8, 4) is 0 Å². The van der Waals surface area contributed by atoms with Crippen LogP contribution in [0.4, 0.5) is 0 Å². The number of nitrogens with zero attached hydrogens (tertiary/aromatic N) is 1. The lowest BCUT2D eigenvalue weighted by Gasteiger charge is -2.35. The molecular weight excluding hydrogens is 357 g/mol. The number of hydrogen-bond donors (Lipinski definition) is 2. The van der Waals surface area contributed by atoms with Gasteiger partial charge in [-0.25, -0.2) is 0 Å². The van der Waals surface area contributed by atoms with Crippen LogP contribution < -0.4 is 11.1 Å². The van der Waals surface area contributed by atoms with Gasteiger partial charge in [0, 0.05) is 12.6 Å². The molecule has 1 aliphatic rings. The molecule has 144 valence electrons. The van der Waals surface area contributed by atoms with Gasteiger partial charge in [0.1, 0.15) is 0 Å². The summed E-state index contributed by atoms with van der Waals surface area (Å²) in [7, 11) is 0. The van der Waals surface area contributed by atoms with E-state index in [1.165, 1.54) is 18.4 Å². The van der Waals surface area contributed by atoms with Crippen molar-refractivity contribution < 1.29 is 4.79 Å². The van der Waals surface area contributed by atoms with E-state index < -0.39 is 0 Å². The summed E-state index contributed by atoms with van der Waals surface area (Å²) in [5.41, 5.74) is 7.14. The summed E-state index contributed by atoms with van der Waals surface area (Å²) in [6.45, 7) is 6.68. The summed E-state index contributed by atoms with van der Waals surface area (Å²) in [6.07, 6.45) is 4.33. The van der Waals surface area contributed by atoms with Crippen LogP contribution >= 0.6 is 24.8 Å². The largest absolute Gasteiger partial charge is 0.355 e. The predicted octanol–water partition coefficient (Wildman–Crippen LogP) is 3.03. The zero-order chi connectivity index (χ0) is 16.7. The lowest BCUT2D eigenvalue weighted by atomic mass is 9.89. The Morgan fingerprint density at radius 2 is 1.80 bits per heavy atom. The number of carbonyl (C=O) groups is 1. The normalized spacial score (nSPS) is 17.7. The van der Waals surface area contributed by atoms with Crippen LogP contribution in [0.2, 0.25) is 0 Å². The molecule has 1 fully saturated rings. The van der Waals surface area contributed by atoms with Crippen molar-refractivity contribution in [2.75, 3.05) is 19.6 Å². The van der Waals surface area contributed by atoms with Crippen LogP contribution in [0.5, 0.6) is 0 Å². The third kappa shape index (κ3) is 8.41. The maximum absolute atomic E-state index is 12.2. The smallest absolute Gasteiger partial charge is 0.237 e. The first-order valence-electron chi connectivity index (χ1n) is 8.87. The topological polar surface area (TPSA) is 58.4 Å². The highest BCUT2D eigenvalue weighted by molar-refractivity contribution is 5.85. The van der Waals surface area contributed by atoms with Gasteiger partial charge in [-0.2, -0.15) is 0 Å². The van der Waals surface area contributed by atoms with E-state index in [1.54, 1.807) is 0 Å². The second-order valence-corrected chi connectivity index (χ2v) is 6.90. The van der Waals surface area contributed by atoms with Gasteiger partial charge in [0.2, 0.25) is 5.91 Å². The monoisotopic (exact) mass is 389 g/mol. The molecule has 2 unspecified atom stereocenters. The molecule has 0 spiro atoms. The summed E-state index contributed by atoms with van der Waals surface area (Å²) in [5, 5.41) is 3.00. The number of benzene rings is 1. The van der Waals surface area contributed by atoms with Crippen molar-refractivity contribution in [2.24, 2.45) is 11.7 Å². The Morgan fingerprint density at radius 1 is 1.20 bits per heavy atom. The van der Waals surface area contributed by atoms with Crippen molar-refractivity contribution in [3.63, 3.8) is 0 Å². The van der Waals surface area contributed by atoms with E-state index in [0.29, 0.717) is 6.54 Å². The van der Waals surface area contributed by atoms with E-state index in [9.17, 15) is 4.79 Å². The van der Waals surface area contributed by atoms with Crippen molar-refractivity contribution >= 4 is 30.7 Å². The molecule has 1 aromatic carbocycles. The highest BCUT2D eigenvalue weighted by atomic mass is 35.5. The fourth-order valence-corrected chi connectivity index (χ4v) is 3.23. The third-order valence-electron chi connectivity index (χ3n) is 4.84. The molecule has 4 nitrogen and oxygen atoms in total. The number of halogens is 2. The number of rotatable bonds is 7. The second-order valence-electron chi connectivity index (χ2n) is 6.90. The summed E-state index contributed by atoms with van der Waals surface area (Å²) >= 11 is 0. The molecule has 1 heterocycles. The van der Waals surface area contributed by atoms with Crippen molar-refractivity contribution in [1.82, 2.24) is 10.2 Å². The van der Waals surface area contributed by atoms with Gasteiger partial charge >= 0.3 is 0 Å². The quantitative estimate of drug-likeness (QED) is 0.753. The van der Waals surface area contributed by atoms with E-state index in [-0.39, 0.29) is 42.8 Å². The van der Waals surface area contributed by atoms with Gasteiger partial charge in [0.25, 0.3) is 0 Å². The summed E-state index contributed by atoms with van der Waals surface area (Å²) in [5.74, 6) is 0.870. The van der Waals surface area contributed by atoms with Gasteiger partial charge in [0.15, 0.2) is 0 Å². The second kappa shape index (κ2) is 12.5. The van der Waals surface area contributed by atoms with E-state index in [4.69, 9.17) is 5.73 Å². The first-order valence-corrected chi connectivity index (χ1v) is 8.87. The fraction of sp³-hybridized carbons (Fsp3) is 0.632. The van der Waals surface area contributed by atoms with Crippen LogP contribution in [0, 0.1) is 5.92 Å². The zero-order valence-corrected chi connectivity index (χ0v) is 17.0. The molecule has 0 bridgehead atoms. The van der Waals surface area contributed by atoms with Crippen LogP contribution in [0.1, 0.15) is 38.7 Å². The lowest BCUT2D eigenvalue weighted by molar-refractivity contribution is -0.126. The van der Waals surface area contributed by atoms with E-state index in [1.807, 2.05) is 13.8 Å². The summed E-state index contributed by atoms with van der Waals surface area (Å²) < 4.78 is 0. The van der Waals surface area contributed by atoms with Crippen LogP contribution in [-0.4, -0.2) is 42.5 Å². The molecule has 6 heteroatoms. The Labute approximate surface area is 164 Å². The molecule has 1 aromatic rings. The molecule has 25 heavy (non-hydrogen) atoms. The maximum Gasteiger partial charge on any atom is 0.237 e. The molecule has 2 atom stereocenters. The van der Waals surface area contributed by atoms with Crippen LogP contribution in [0.25, 0.3) is 0 Å². The Bertz CT molecular complexity index is 477. The molecule has 0 saturated carbocycles.